The highest BCUT2D eigenvalue weighted by Gasteiger charge is 2.55. The molecule has 0 bridgehead atoms. The summed E-state index contributed by atoms with van der Waals surface area (Å²) in [5.74, 6) is -0.172. The predicted octanol–water partition coefficient (Wildman–Crippen LogP) is -0.338. The number of ether oxygens (including phenoxy) is 1. The number of halogens is 2. The van der Waals surface area contributed by atoms with Gasteiger partial charge in [0.05, 0.1) is 18.8 Å². The van der Waals surface area contributed by atoms with Gasteiger partial charge in [-0.25, -0.2) is 14.2 Å². The Labute approximate surface area is 136 Å². The van der Waals surface area contributed by atoms with E-state index in [1.54, 1.807) is 19.0 Å². The largest absolute Gasteiger partial charge is 0.393 e. The Morgan fingerprint density at radius 3 is 2.83 bits per heavy atom. The second-order valence-electron chi connectivity index (χ2n) is 5.44. The molecule has 128 valence electrons. The van der Waals surface area contributed by atoms with Crippen LogP contribution in [0.1, 0.15) is 6.23 Å². The van der Waals surface area contributed by atoms with E-state index in [0.717, 1.165) is 4.57 Å². The summed E-state index contributed by atoms with van der Waals surface area (Å²) in [4.78, 5) is 21.4. The molecule has 10 heteroatoms. The molecular weight excluding hydrogens is 331 g/mol. The first-order valence-corrected chi connectivity index (χ1v) is 7.34. The summed E-state index contributed by atoms with van der Waals surface area (Å²) in [6.45, 7) is -0.679. The molecule has 1 aliphatic heterocycles. The molecule has 2 N–H and O–H groups in total. The zero-order chi connectivity index (χ0) is 17.2. The van der Waals surface area contributed by atoms with Gasteiger partial charge >= 0.3 is 5.69 Å². The van der Waals surface area contributed by atoms with Crippen molar-refractivity contribution in [2.75, 3.05) is 26.6 Å². The average Bonchev–Trinajstić information content (AvgIpc) is 2.78. The lowest BCUT2D eigenvalue weighted by Crippen LogP contribution is -2.47. The van der Waals surface area contributed by atoms with Crippen LogP contribution >= 0.6 is 11.6 Å². The van der Waals surface area contributed by atoms with Crippen molar-refractivity contribution in [2.45, 2.75) is 24.1 Å². The van der Waals surface area contributed by atoms with E-state index in [9.17, 15) is 19.4 Å². The van der Waals surface area contributed by atoms with E-state index in [4.69, 9.17) is 16.3 Å². The number of aromatic nitrogens is 2. The predicted molar refractivity (Wildman–Crippen MR) is 81.9 cm³/mol. The standard InChI is InChI=1S/C13H18ClFN4O4/c1-18(2)7-16-8-3-4-19(12(22)17-8)11-9(15)10(21)13(5-14,6-20)23-11/h3-4,7,9-11,20-21H,5-6H2,1-2H3/b16-7+. The van der Waals surface area contributed by atoms with Gasteiger partial charge in [-0.1, -0.05) is 0 Å². The molecule has 0 aliphatic carbocycles. The fourth-order valence-corrected chi connectivity index (χ4v) is 2.46. The van der Waals surface area contributed by atoms with Crippen LogP contribution in [0.4, 0.5) is 10.2 Å². The molecule has 1 saturated heterocycles. The van der Waals surface area contributed by atoms with E-state index in [0.29, 0.717) is 0 Å². The van der Waals surface area contributed by atoms with Gasteiger partial charge in [0.25, 0.3) is 0 Å². The minimum Gasteiger partial charge on any atom is -0.393 e. The van der Waals surface area contributed by atoms with E-state index in [2.05, 4.69) is 9.98 Å². The lowest BCUT2D eigenvalue weighted by Gasteiger charge is -2.26. The molecule has 23 heavy (non-hydrogen) atoms. The van der Waals surface area contributed by atoms with E-state index in [-0.39, 0.29) is 11.7 Å². The number of alkyl halides is 2. The summed E-state index contributed by atoms with van der Waals surface area (Å²) < 4.78 is 20.5. The fourth-order valence-electron chi connectivity index (χ4n) is 2.16. The summed E-state index contributed by atoms with van der Waals surface area (Å²) >= 11 is 5.68. The maximum Gasteiger partial charge on any atom is 0.351 e. The number of nitrogens with zero attached hydrogens (tertiary/aromatic N) is 4. The number of hydrogen-bond donors (Lipinski definition) is 2. The maximum absolute atomic E-state index is 14.3. The van der Waals surface area contributed by atoms with Crippen molar-refractivity contribution in [1.29, 1.82) is 0 Å². The summed E-state index contributed by atoms with van der Waals surface area (Å²) in [5, 5.41) is 19.3. The van der Waals surface area contributed by atoms with Gasteiger partial charge in [0.2, 0.25) is 0 Å². The van der Waals surface area contributed by atoms with Gasteiger partial charge in [-0.05, 0) is 6.07 Å². The number of aliphatic hydroxyl groups excluding tert-OH is 2. The minimum absolute atomic E-state index is 0.152. The molecule has 0 aromatic carbocycles. The van der Waals surface area contributed by atoms with Gasteiger partial charge in [0.1, 0.15) is 11.7 Å². The molecule has 1 aromatic heterocycles. The highest BCUT2D eigenvalue weighted by Crippen LogP contribution is 2.39. The first-order chi connectivity index (χ1) is 10.8. The van der Waals surface area contributed by atoms with Gasteiger partial charge in [0, 0.05) is 20.3 Å². The second kappa shape index (κ2) is 6.91. The Hall–Kier alpha value is -1.55. The zero-order valence-electron chi connectivity index (χ0n) is 12.6. The topological polar surface area (TPSA) is 100 Å². The van der Waals surface area contributed by atoms with Crippen molar-refractivity contribution in [3.63, 3.8) is 0 Å². The van der Waals surface area contributed by atoms with Crippen molar-refractivity contribution < 1.29 is 19.3 Å². The van der Waals surface area contributed by atoms with Crippen molar-refractivity contribution in [1.82, 2.24) is 14.5 Å². The SMILES string of the molecule is CN(C)/C=N/c1ccn(C2OC(CO)(CCl)C(O)C2F)c(=O)n1. The van der Waals surface area contributed by atoms with Gasteiger partial charge in [-0.15, -0.1) is 11.6 Å². The Morgan fingerprint density at radius 2 is 2.35 bits per heavy atom. The van der Waals surface area contributed by atoms with E-state index in [1.807, 2.05) is 0 Å². The van der Waals surface area contributed by atoms with E-state index < -0.39 is 36.4 Å². The number of aliphatic imine (C=N–C) groups is 1. The molecule has 4 unspecified atom stereocenters. The van der Waals surface area contributed by atoms with Gasteiger partial charge in [-0.3, -0.25) is 4.57 Å². The number of hydrogen-bond acceptors (Lipinski definition) is 6. The molecule has 1 aliphatic rings. The molecular formula is C13H18ClFN4O4. The van der Waals surface area contributed by atoms with Crippen molar-refractivity contribution in [2.24, 2.45) is 4.99 Å². The molecule has 4 atom stereocenters. The Bertz CT molecular complexity index is 635. The lowest BCUT2D eigenvalue weighted by atomic mass is 9.99. The van der Waals surface area contributed by atoms with Crippen LogP contribution in [0.25, 0.3) is 0 Å². The normalized spacial score (nSPS) is 31.0. The van der Waals surface area contributed by atoms with E-state index >= 15 is 0 Å². The summed E-state index contributed by atoms with van der Waals surface area (Å²) in [6.07, 6.45) is -2.29. The van der Waals surface area contributed by atoms with Crippen molar-refractivity contribution in [3.8, 4) is 0 Å². The van der Waals surface area contributed by atoms with Crippen LogP contribution in [0.2, 0.25) is 0 Å². The Balaban J connectivity index is 2.31. The number of aliphatic hydroxyl groups is 2. The first kappa shape index (κ1) is 17.8. The van der Waals surface area contributed by atoms with Crippen molar-refractivity contribution >= 4 is 23.8 Å². The molecule has 0 spiro atoms. The summed E-state index contributed by atoms with van der Waals surface area (Å²) in [6, 6.07) is 1.41. The zero-order valence-corrected chi connectivity index (χ0v) is 13.4. The maximum atomic E-state index is 14.3. The molecule has 2 heterocycles. The van der Waals surface area contributed by atoms with E-state index in [1.165, 1.54) is 18.6 Å². The van der Waals surface area contributed by atoms with Crippen LogP contribution in [0.5, 0.6) is 0 Å². The van der Waals surface area contributed by atoms with Crippen LogP contribution in [0.15, 0.2) is 22.1 Å². The molecule has 1 aromatic rings. The molecule has 1 fully saturated rings. The van der Waals surface area contributed by atoms with Crippen LogP contribution < -0.4 is 5.69 Å². The monoisotopic (exact) mass is 348 g/mol. The second-order valence-corrected chi connectivity index (χ2v) is 5.71. The molecule has 2 rings (SSSR count). The van der Waals surface area contributed by atoms with Crippen LogP contribution in [0.3, 0.4) is 0 Å². The Kier molecular flexibility index (Phi) is 5.35. The van der Waals surface area contributed by atoms with Gasteiger partial charge in [0.15, 0.2) is 18.2 Å². The third-order valence-corrected chi connectivity index (χ3v) is 3.93. The fraction of sp³-hybridized carbons (Fsp3) is 0.615. The number of rotatable bonds is 5. The Morgan fingerprint density at radius 1 is 1.65 bits per heavy atom. The highest BCUT2D eigenvalue weighted by atomic mass is 35.5. The van der Waals surface area contributed by atoms with Crippen LogP contribution in [-0.4, -0.2) is 75.5 Å². The molecule has 0 radical (unpaired) electrons. The molecule has 8 nitrogen and oxygen atoms in total. The summed E-state index contributed by atoms with van der Waals surface area (Å²) in [5.41, 5.74) is -2.45. The lowest BCUT2D eigenvalue weighted by molar-refractivity contribution is -0.115. The van der Waals surface area contributed by atoms with Crippen molar-refractivity contribution in [3.05, 3.63) is 22.7 Å². The summed E-state index contributed by atoms with van der Waals surface area (Å²) in [7, 11) is 3.51. The quantitative estimate of drug-likeness (QED) is 0.429. The van der Waals surface area contributed by atoms with Gasteiger partial charge in [-0.2, -0.15) is 4.98 Å². The van der Waals surface area contributed by atoms with Gasteiger partial charge < -0.3 is 19.8 Å². The van der Waals surface area contributed by atoms with Crippen LogP contribution in [0, 0.1) is 0 Å². The first-order valence-electron chi connectivity index (χ1n) is 6.81. The average molecular weight is 349 g/mol. The smallest absolute Gasteiger partial charge is 0.351 e. The third-order valence-electron chi connectivity index (χ3n) is 3.47. The minimum atomic E-state index is -1.93. The highest BCUT2D eigenvalue weighted by molar-refractivity contribution is 6.18. The third kappa shape index (κ3) is 3.37. The molecule has 0 amide bonds. The molecule has 0 saturated carbocycles. The van der Waals surface area contributed by atoms with Crippen LogP contribution in [-0.2, 0) is 4.74 Å².